The van der Waals surface area contributed by atoms with E-state index in [0.29, 0.717) is 6.04 Å². The molecule has 0 aromatic carbocycles. The molecule has 1 amide bonds. The molecule has 1 aliphatic heterocycles. The Morgan fingerprint density at radius 3 is 2.68 bits per heavy atom. The van der Waals surface area contributed by atoms with Crippen molar-refractivity contribution < 1.29 is 4.79 Å². The molecule has 1 aliphatic carbocycles. The van der Waals surface area contributed by atoms with Crippen LogP contribution in [0.3, 0.4) is 0 Å². The van der Waals surface area contributed by atoms with Crippen molar-refractivity contribution >= 4 is 17.2 Å². The van der Waals surface area contributed by atoms with E-state index < -0.39 is 0 Å². The number of hydrogen-bond acceptors (Lipinski definition) is 4. The van der Waals surface area contributed by atoms with Gasteiger partial charge in [0, 0.05) is 17.5 Å². The average Bonchev–Trinajstić information content (AvgIpc) is 3.01. The molecule has 1 saturated carbocycles. The van der Waals surface area contributed by atoms with Gasteiger partial charge in [0.25, 0.3) is 0 Å². The normalized spacial score (nSPS) is 25.1. The van der Waals surface area contributed by atoms with Crippen LogP contribution in [0.1, 0.15) is 47.8 Å². The predicted molar refractivity (Wildman–Crippen MR) is 76.3 cm³/mol. The summed E-state index contributed by atoms with van der Waals surface area (Å²) in [6.45, 7) is 7.05. The van der Waals surface area contributed by atoms with Crippen molar-refractivity contribution in [2.75, 3.05) is 6.54 Å². The molecule has 2 fully saturated rings. The molecule has 5 heteroatoms. The Morgan fingerprint density at radius 1 is 1.37 bits per heavy atom. The minimum absolute atomic E-state index is 0.0456. The summed E-state index contributed by atoms with van der Waals surface area (Å²) in [6.07, 6.45) is 3.40. The lowest BCUT2D eigenvalue weighted by Crippen LogP contribution is -2.40. The largest absolute Gasteiger partial charge is 0.334 e. The summed E-state index contributed by atoms with van der Waals surface area (Å²) >= 11 is 1.71. The van der Waals surface area contributed by atoms with E-state index in [2.05, 4.69) is 17.2 Å². The molecule has 1 aromatic heterocycles. The first-order valence-electron chi connectivity index (χ1n) is 7.06. The van der Waals surface area contributed by atoms with Crippen LogP contribution >= 0.6 is 11.3 Å². The van der Waals surface area contributed by atoms with Crippen molar-refractivity contribution in [2.45, 2.75) is 58.2 Å². The van der Waals surface area contributed by atoms with Gasteiger partial charge in [0.05, 0.1) is 22.8 Å². The van der Waals surface area contributed by atoms with Gasteiger partial charge in [0.2, 0.25) is 5.91 Å². The maximum absolute atomic E-state index is 12.4. The van der Waals surface area contributed by atoms with Crippen molar-refractivity contribution in [3.63, 3.8) is 0 Å². The van der Waals surface area contributed by atoms with Crippen LogP contribution in [0.4, 0.5) is 0 Å². The number of amides is 1. The monoisotopic (exact) mass is 279 g/mol. The third-order valence-corrected chi connectivity index (χ3v) is 5.28. The molecule has 2 aliphatic rings. The molecule has 1 N–H and O–H groups in total. The molecular formula is C14H21N3OS. The van der Waals surface area contributed by atoms with Gasteiger partial charge in [-0.3, -0.25) is 4.79 Å². The van der Waals surface area contributed by atoms with Gasteiger partial charge in [-0.05, 0) is 40.0 Å². The summed E-state index contributed by atoms with van der Waals surface area (Å²) in [4.78, 5) is 20.2. The van der Waals surface area contributed by atoms with Crippen molar-refractivity contribution in [3.8, 4) is 0 Å². The van der Waals surface area contributed by atoms with E-state index >= 15 is 0 Å². The lowest BCUT2D eigenvalue weighted by atomic mass is 10.2. The Kier molecular flexibility index (Phi) is 3.35. The van der Waals surface area contributed by atoms with Gasteiger partial charge in [0.15, 0.2) is 0 Å². The molecule has 2 unspecified atom stereocenters. The molecule has 104 valence electrons. The highest BCUT2D eigenvalue weighted by Gasteiger charge is 2.38. The number of thiazole rings is 1. The number of aryl methyl sites for hydroxylation is 2. The molecule has 2 heterocycles. The Balaban J connectivity index is 1.71. The van der Waals surface area contributed by atoms with E-state index in [9.17, 15) is 4.79 Å². The molecule has 3 rings (SSSR count). The maximum atomic E-state index is 12.4. The van der Waals surface area contributed by atoms with Crippen molar-refractivity contribution in [3.05, 3.63) is 15.6 Å². The minimum Gasteiger partial charge on any atom is -0.334 e. The zero-order valence-electron chi connectivity index (χ0n) is 11.8. The highest BCUT2D eigenvalue weighted by Crippen LogP contribution is 2.32. The maximum Gasteiger partial charge on any atom is 0.240 e. The summed E-state index contributed by atoms with van der Waals surface area (Å²) in [5.74, 6) is 0.268. The van der Waals surface area contributed by atoms with Gasteiger partial charge in [0.1, 0.15) is 0 Å². The summed E-state index contributed by atoms with van der Waals surface area (Å²) in [6, 6.07) is 0.797. The molecule has 0 spiro atoms. The number of likely N-dealkylation sites (tertiary alicyclic amines) is 1. The summed E-state index contributed by atoms with van der Waals surface area (Å²) in [5.41, 5.74) is 1.07. The van der Waals surface area contributed by atoms with Crippen molar-refractivity contribution in [1.82, 2.24) is 15.2 Å². The zero-order chi connectivity index (χ0) is 13.6. The molecule has 2 atom stereocenters. The third kappa shape index (κ3) is 2.54. The van der Waals surface area contributed by atoms with E-state index in [1.807, 2.05) is 18.7 Å². The van der Waals surface area contributed by atoms with E-state index in [0.717, 1.165) is 23.7 Å². The standard InChI is InChI=1S/C14H21N3OS/c1-8-13(19-10(3)15-8)9(2)17-7-6-12(14(17)18)16-11-4-5-11/h9,11-12,16H,4-7H2,1-3H3. The molecular weight excluding hydrogens is 258 g/mol. The van der Waals surface area contributed by atoms with Crippen LogP contribution in [0.5, 0.6) is 0 Å². The number of carbonyl (C=O) groups excluding carboxylic acids is 1. The second-order valence-corrected chi connectivity index (χ2v) is 6.91. The Hall–Kier alpha value is -0.940. The van der Waals surface area contributed by atoms with E-state index in [1.54, 1.807) is 11.3 Å². The molecule has 1 saturated heterocycles. The lowest BCUT2D eigenvalue weighted by molar-refractivity contribution is -0.131. The fraction of sp³-hybridized carbons (Fsp3) is 0.714. The van der Waals surface area contributed by atoms with Crippen LogP contribution < -0.4 is 5.32 Å². The van der Waals surface area contributed by atoms with Gasteiger partial charge < -0.3 is 10.2 Å². The highest BCUT2D eigenvalue weighted by molar-refractivity contribution is 7.11. The Bertz CT molecular complexity index is 495. The van der Waals surface area contributed by atoms with Crippen LogP contribution in [0, 0.1) is 13.8 Å². The average molecular weight is 279 g/mol. The third-order valence-electron chi connectivity index (χ3n) is 4.04. The number of nitrogens with one attached hydrogen (secondary N) is 1. The number of aromatic nitrogens is 1. The Labute approximate surface area is 118 Å². The quantitative estimate of drug-likeness (QED) is 0.919. The van der Waals surface area contributed by atoms with Crippen LogP contribution in [0.25, 0.3) is 0 Å². The fourth-order valence-electron chi connectivity index (χ4n) is 2.85. The first-order valence-corrected chi connectivity index (χ1v) is 7.88. The van der Waals surface area contributed by atoms with E-state index in [-0.39, 0.29) is 18.0 Å². The second-order valence-electron chi connectivity index (χ2n) is 5.67. The molecule has 4 nitrogen and oxygen atoms in total. The first kappa shape index (κ1) is 13.1. The summed E-state index contributed by atoms with van der Waals surface area (Å²) in [5, 5.41) is 4.54. The number of hydrogen-bond donors (Lipinski definition) is 1. The Morgan fingerprint density at radius 2 is 2.11 bits per heavy atom. The van der Waals surface area contributed by atoms with Crippen LogP contribution in [-0.4, -0.2) is 34.4 Å². The zero-order valence-corrected chi connectivity index (χ0v) is 12.6. The number of nitrogens with zero attached hydrogens (tertiary/aromatic N) is 2. The van der Waals surface area contributed by atoms with Gasteiger partial charge in [-0.25, -0.2) is 4.98 Å². The fourth-order valence-corrected chi connectivity index (χ4v) is 3.84. The second kappa shape index (κ2) is 4.87. The van der Waals surface area contributed by atoms with Crippen molar-refractivity contribution in [2.24, 2.45) is 0 Å². The minimum atomic E-state index is 0.0456. The number of carbonyl (C=O) groups is 1. The van der Waals surface area contributed by atoms with Gasteiger partial charge in [-0.15, -0.1) is 11.3 Å². The van der Waals surface area contributed by atoms with Gasteiger partial charge in [-0.2, -0.15) is 0 Å². The predicted octanol–water partition coefficient (Wildman–Crippen LogP) is 2.17. The van der Waals surface area contributed by atoms with Crippen LogP contribution in [0.2, 0.25) is 0 Å². The number of rotatable bonds is 4. The lowest BCUT2D eigenvalue weighted by Gasteiger charge is -2.24. The van der Waals surface area contributed by atoms with Crippen molar-refractivity contribution in [1.29, 1.82) is 0 Å². The van der Waals surface area contributed by atoms with Gasteiger partial charge >= 0.3 is 0 Å². The molecule has 0 radical (unpaired) electrons. The first-order chi connectivity index (χ1) is 9.06. The molecule has 0 bridgehead atoms. The SMILES string of the molecule is Cc1nc(C)c(C(C)N2CCC(NC3CC3)C2=O)s1. The molecule has 1 aromatic rings. The van der Waals surface area contributed by atoms with Gasteiger partial charge in [-0.1, -0.05) is 0 Å². The van der Waals surface area contributed by atoms with Crippen LogP contribution in [0.15, 0.2) is 0 Å². The van der Waals surface area contributed by atoms with Crippen LogP contribution in [-0.2, 0) is 4.79 Å². The summed E-state index contributed by atoms with van der Waals surface area (Å²) in [7, 11) is 0. The smallest absolute Gasteiger partial charge is 0.240 e. The topological polar surface area (TPSA) is 45.2 Å². The molecule has 19 heavy (non-hydrogen) atoms. The highest BCUT2D eigenvalue weighted by atomic mass is 32.1. The van der Waals surface area contributed by atoms with E-state index in [1.165, 1.54) is 17.7 Å². The summed E-state index contributed by atoms with van der Waals surface area (Å²) < 4.78 is 0. The van der Waals surface area contributed by atoms with E-state index in [4.69, 9.17) is 0 Å².